The Kier molecular flexibility index (Phi) is 4.56. The van der Waals surface area contributed by atoms with Crippen molar-refractivity contribution in [1.82, 2.24) is 0 Å². The number of halogens is 2. The lowest BCUT2D eigenvalue weighted by atomic mass is 10.2. The lowest BCUT2D eigenvalue weighted by Gasteiger charge is -2.06. The first-order valence-corrected chi connectivity index (χ1v) is 6.93. The van der Waals surface area contributed by atoms with Crippen LogP contribution in [0.3, 0.4) is 0 Å². The zero-order valence-corrected chi connectivity index (χ0v) is 12.9. The Hall–Kier alpha value is -1.67. The van der Waals surface area contributed by atoms with Crippen molar-refractivity contribution in [2.45, 2.75) is 0 Å². The van der Waals surface area contributed by atoms with Crippen LogP contribution in [0.1, 0.15) is 10.4 Å². The molecule has 0 aliphatic rings. The summed E-state index contributed by atoms with van der Waals surface area (Å²) in [7, 11) is 0. The average Bonchev–Trinajstić information content (AvgIpc) is 2.40. The first-order valence-electron chi connectivity index (χ1n) is 5.47. The Morgan fingerprint density at radius 1 is 1.20 bits per heavy atom. The number of amides is 1. The minimum Gasteiger partial charge on any atom is -0.322 e. The predicted octanol–water partition coefficient (Wildman–Crippen LogP) is 4.11. The van der Waals surface area contributed by atoms with Crippen molar-refractivity contribution in [2.75, 3.05) is 5.32 Å². The van der Waals surface area contributed by atoms with Gasteiger partial charge in [-0.05, 0) is 52.9 Å². The van der Waals surface area contributed by atoms with Gasteiger partial charge in [0.2, 0.25) is 0 Å². The summed E-state index contributed by atoms with van der Waals surface area (Å²) >= 11 is 7.93. The maximum absolute atomic E-state index is 12.0. The third kappa shape index (κ3) is 3.67. The fraction of sp³-hybridized carbons (Fsp3) is 0. The SMILES string of the molecule is O=C(Nc1ccc(I)cc1)c1cc(Cl)cc([N+](=O)[O-])c1. The zero-order chi connectivity index (χ0) is 14.7. The smallest absolute Gasteiger partial charge is 0.271 e. The van der Waals surface area contributed by atoms with Crippen molar-refractivity contribution >= 4 is 51.5 Å². The molecule has 1 N–H and O–H groups in total. The van der Waals surface area contributed by atoms with E-state index in [0.29, 0.717) is 5.69 Å². The van der Waals surface area contributed by atoms with Gasteiger partial charge in [0.1, 0.15) is 0 Å². The molecule has 0 fully saturated rings. The number of nitro groups is 1. The summed E-state index contributed by atoms with van der Waals surface area (Å²) in [4.78, 5) is 22.2. The van der Waals surface area contributed by atoms with Crippen LogP contribution in [-0.2, 0) is 0 Å². The van der Waals surface area contributed by atoms with Crippen molar-refractivity contribution in [2.24, 2.45) is 0 Å². The number of nitro benzene ring substituents is 1. The van der Waals surface area contributed by atoms with Crippen LogP contribution in [0.5, 0.6) is 0 Å². The summed E-state index contributed by atoms with van der Waals surface area (Å²) in [5.41, 5.74) is 0.533. The van der Waals surface area contributed by atoms with E-state index in [1.54, 1.807) is 12.1 Å². The van der Waals surface area contributed by atoms with Gasteiger partial charge in [-0.2, -0.15) is 0 Å². The van der Waals surface area contributed by atoms with Crippen LogP contribution < -0.4 is 5.32 Å². The average molecular weight is 403 g/mol. The van der Waals surface area contributed by atoms with E-state index >= 15 is 0 Å². The number of non-ortho nitro benzene ring substituents is 1. The summed E-state index contributed by atoms with van der Waals surface area (Å²) in [6.45, 7) is 0. The molecule has 0 radical (unpaired) electrons. The molecule has 20 heavy (non-hydrogen) atoms. The summed E-state index contributed by atoms with van der Waals surface area (Å²) in [6.07, 6.45) is 0. The molecule has 0 aromatic heterocycles. The van der Waals surface area contributed by atoms with Crippen LogP contribution in [0.4, 0.5) is 11.4 Å². The number of carbonyl (C=O) groups excluding carboxylic acids is 1. The minimum atomic E-state index is -0.590. The van der Waals surface area contributed by atoms with Crippen LogP contribution in [0.15, 0.2) is 42.5 Å². The number of hydrogen-bond acceptors (Lipinski definition) is 3. The van der Waals surface area contributed by atoms with Gasteiger partial charge in [0.25, 0.3) is 11.6 Å². The number of nitrogens with zero attached hydrogens (tertiary/aromatic N) is 1. The normalized spacial score (nSPS) is 10.1. The van der Waals surface area contributed by atoms with Crippen molar-refractivity contribution in [3.05, 3.63) is 66.7 Å². The largest absolute Gasteiger partial charge is 0.322 e. The maximum Gasteiger partial charge on any atom is 0.271 e. The quantitative estimate of drug-likeness (QED) is 0.477. The third-order valence-corrected chi connectivity index (χ3v) is 3.40. The highest BCUT2D eigenvalue weighted by molar-refractivity contribution is 14.1. The Morgan fingerprint density at radius 2 is 1.85 bits per heavy atom. The van der Waals surface area contributed by atoms with Crippen LogP contribution in [0.25, 0.3) is 0 Å². The van der Waals surface area contributed by atoms with Crippen molar-refractivity contribution in [3.63, 3.8) is 0 Å². The number of carbonyl (C=O) groups is 1. The molecule has 0 spiro atoms. The van der Waals surface area contributed by atoms with E-state index in [4.69, 9.17) is 11.6 Å². The molecule has 2 rings (SSSR count). The standard InChI is InChI=1S/C13H8ClIN2O3/c14-9-5-8(6-12(7-9)17(19)20)13(18)16-11-3-1-10(15)2-4-11/h1-7H,(H,16,18). The van der Waals surface area contributed by atoms with Crippen LogP contribution >= 0.6 is 34.2 Å². The molecule has 5 nitrogen and oxygen atoms in total. The number of anilines is 1. The molecule has 0 heterocycles. The predicted molar refractivity (Wildman–Crippen MR) is 85.2 cm³/mol. The molecule has 0 unspecified atom stereocenters. The Morgan fingerprint density at radius 3 is 2.45 bits per heavy atom. The molecule has 2 aromatic rings. The van der Waals surface area contributed by atoms with E-state index in [2.05, 4.69) is 27.9 Å². The molecule has 0 atom stereocenters. The molecular weight excluding hydrogens is 395 g/mol. The lowest BCUT2D eigenvalue weighted by Crippen LogP contribution is -2.12. The first-order chi connectivity index (χ1) is 9.45. The number of benzene rings is 2. The number of hydrogen-bond donors (Lipinski definition) is 1. The van der Waals surface area contributed by atoms with Crippen LogP contribution in [-0.4, -0.2) is 10.8 Å². The second-order valence-electron chi connectivity index (χ2n) is 3.92. The molecule has 0 aliphatic carbocycles. The lowest BCUT2D eigenvalue weighted by molar-refractivity contribution is -0.384. The van der Waals surface area contributed by atoms with Gasteiger partial charge in [-0.25, -0.2) is 0 Å². The number of rotatable bonds is 3. The molecule has 102 valence electrons. The zero-order valence-electron chi connectivity index (χ0n) is 9.97. The monoisotopic (exact) mass is 402 g/mol. The van der Waals surface area contributed by atoms with Gasteiger partial charge >= 0.3 is 0 Å². The van der Waals surface area contributed by atoms with E-state index < -0.39 is 10.8 Å². The molecular formula is C13H8ClIN2O3. The summed E-state index contributed by atoms with van der Waals surface area (Å²) in [5.74, 6) is -0.447. The Labute approximate surface area is 133 Å². The van der Waals surface area contributed by atoms with Gasteiger partial charge in [-0.15, -0.1) is 0 Å². The van der Waals surface area contributed by atoms with E-state index in [1.807, 2.05) is 12.1 Å². The van der Waals surface area contributed by atoms with E-state index in [9.17, 15) is 14.9 Å². The van der Waals surface area contributed by atoms with E-state index in [0.717, 1.165) is 3.57 Å². The number of nitrogens with one attached hydrogen (secondary N) is 1. The molecule has 1 amide bonds. The van der Waals surface area contributed by atoms with E-state index in [-0.39, 0.29) is 16.3 Å². The van der Waals surface area contributed by atoms with Crippen LogP contribution in [0, 0.1) is 13.7 Å². The fourth-order valence-electron chi connectivity index (χ4n) is 1.55. The molecule has 0 saturated heterocycles. The second-order valence-corrected chi connectivity index (χ2v) is 5.60. The maximum atomic E-state index is 12.0. The topological polar surface area (TPSA) is 72.2 Å². The highest BCUT2D eigenvalue weighted by Gasteiger charge is 2.14. The van der Waals surface area contributed by atoms with E-state index in [1.165, 1.54) is 18.2 Å². The Balaban J connectivity index is 2.25. The summed E-state index contributed by atoms with van der Waals surface area (Å²) in [5, 5.41) is 13.5. The van der Waals surface area contributed by atoms with Gasteiger partial charge < -0.3 is 5.32 Å². The van der Waals surface area contributed by atoms with Gasteiger partial charge in [0.15, 0.2) is 0 Å². The van der Waals surface area contributed by atoms with Crippen molar-refractivity contribution in [1.29, 1.82) is 0 Å². The molecule has 0 bridgehead atoms. The van der Waals surface area contributed by atoms with Gasteiger partial charge in [0.05, 0.1) is 4.92 Å². The highest BCUT2D eigenvalue weighted by Crippen LogP contribution is 2.22. The molecule has 0 aliphatic heterocycles. The molecule has 7 heteroatoms. The third-order valence-electron chi connectivity index (χ3n) is 2.46. The second kappa shape index (κ2) is 6.19. The first kappa shape index (κ1) is 14.7. The summed E-state index contributed by atoms with van der Waals surface area (Å²) < 4.78 is 1.04. The van der Waals surface area contributed by atoms with Gasteiger partial charge in [0, 0.05) is 32.0 Å². The van der Waals surface area contributed by atoms with Crippen LogP contribution in [0.2, 0.25) is 5.02 Å². The molecule has 0 saturated carbocycles. The van der Waals surface area contributed by atoms with Gasteiger partial charge in [-0.1, -0.05) is 11.6 Å². The van der Waals surface area contributed by atoms with Crippen molar-refractivity contribution < 1.29 is 9.72 Å². The van der Waals surface area contributed by atoms with Gasteiger partial charge in [-0.3, -0.25) is 14.9 Å². The van der Waals surface area contributed by atoms with Crippen molar-refractivity contribution in [3.8, 4) is 0 Å². The fourth-order valence-corrected chi connectivity index (χ4v) is 2.14. The molecule has 2 aromatic carbocycles. The Bertz CT molecular complexity index is 674. The minimum absolute atomic E-state index is 0.141. The highest BCUT2D eigenvalue weighted by atomic mass is 127. The summed E-state index contributed by atoms with van der Waals surface area (Å²) in [6, 6.07) is 11.0.